The number of nitrogens with one attached hydrogen (secondary N) is 1. The number of aromatic amines is 1. The van der Waals surface area contributed by atoms with Crippen molar-refractivity contribution in [3.63, 3.8) is 0 Å². The van der Waals surface area contributed by atoms with Gasteiger partial charge in [-0.25, -0.2) is 0 Å². The van der Waals surface area contributed by atoms with Crippen LogP contribution >= 0.6 is 0 Å². The van der Waals surface area contributed by atoms with Crippen LogP contribution in [-0.4, -0.2) is 76.9 Å². The lowest BCUT2D eigenvalue weighted by Gasteiger charge is -2.49. The van der Waals surface area contributed by atoms with Gasteiger partial charge in [0, 0.05) is 57.4 Å². The highest BCUT2D eigenvalue weighted by molar-refractivity contribution is 5.92. The van der Waals surface area contributed by atoms with Gasteiger partial charge in [-0.3, -0.25) is 19.4 Å². The zero-order valence-corrected chi connectivity index (χ0v) is 14.8. The van der Waals surface area contributed by atoms with Gasteiger partial charge in [0.15, 0.2) is 0 Å². The van der Waals surface area contributed by atoms with Crippen LogP contribution < -0.4 is 5.56 Å². The first-order valence-electron chi connectivity index (χ1n) is 9.67. The number of hydrogen-bond acceptors (Lipinski definition) is 4. The van der Waals surface area contributed by atoms with Gasteiger partial charge >= 0.3 is 0 Å². The predicted octanol–water partition coefficient (Wildman–Crippen LogP) is 1.15. The van der Waals surface area contributed by atoms with Crippen LogP contribution in [0.4, 0.5) is 0 Å². The van der Waals surface area contributed by atoms with E-state index in [1.165, 1.54) is 51.3 Å². The average Bonchev–Trinajstić information content (AvgIpc) is 2.62. The maximum Gasteiger partial charge on any atom is 0.270 e. The van der Waals surface area contributed by atoms with Crippen molar-refractivity contribution in [2.75, 3.05) is 39.3 Å². The van der Waals surface area contributed by atoms with E-state index in [1.54, 1.807) is 12.1 Å². The lowest BCUT2D eigenvalue weighted by Crippen LogP contribution is -2.64. The Labute approximate surface area is 148 Å². The van der Waals surface area contributed by atoms with Crippen LogP contribution in [0.15, 0.2) is 23.0 Å². The molecule has 1 aliphatic carbocycles. The van der Waals surface area contributed by atoms with Crippen molar-refractivity contribution in [1.29, 1.82) is 0 Å². The van der Waals surface area contributed by atoms with E-state index in [-0.39, 0.29) is 11.5 Å². The van der Waals surface area contributed by atoms with E-state index in [0.29, 0.717) is 11.7 Å². The highest BCUT2D eigenvalue weighted by atomic mass is 16.2. The van der Waals surface area contributed by atoms with Crippen LogP contribution in [-0.2, 0) is 0 Å². The van der Waals surface area contributed by atoms with Crippen molar-refractivity contribution in [3.8, 4) is 0 Å². The molecular weight excluding hydrogens is 316 g/mol. The van der Waals surface area contributed by atoms with Gasteiger partial charge in [-0.15, -0.1) is 0 Å². The maximum absolute atomic E-state index is 12.4. The predicted molar refractivity (Wildman–Crippen MR) is 96.8 cm³/mol. The Morgan fingerprint density at radius 1 is 0.920 bits per heavy atom. The molecule has 1 saturated carbocycles. The fraction of sp³-hybridized carbons (Fsp3) is 0.684. The van der Waals surface area contributed by atoms with E-state index in [1.807, 2.05) is 4.90 Å². The fourth-order valence-electron chi connectivity index (χ4n) is 4.51. The molecule has 2 aliphatic heterocycles. The molecule has 1 N–H and O–H groups in total. The molecule has 0 atom stereocenters. The van der Waals surface area contributed by atoms with Crippen LogP contribution in [0.1, 0.15) is 42.6 Å². The lowest BCUT2D eigenvalue weighted by atomic mass is 9.93. The topological polar surface area (TPSA) is 59.7 Å². The number of aromatic nitrogens is 1. The molecule has 1 aromatic rings. The number of likely N-dealkylation sites (tertiary alicyclic amines) is 1. The largest absolute Gasteiger partial charge is 0.334 e. The minimum absolute atomic E-state index is 0.0604. The molecule has 6 heteroatoms. The number of H-pyrrole nitrogens is 1. The van der Waals surface area contributed by atoms with Gasteiger partial charge in [-0.05, 0) is 18.9 Å². The fourth-order valence-corrected chi connectivity index (χ4v) is 4.51. The van der Waals surface area contributed by atoms with Crippen LogP contribution in [0, 0.1) is 0 Å². The first-order chi connectivity index (χ1) is 12.2. The van der Waals surface area contributed by atoms with Crippen molar-refractivity contribution in [3.05, 3.63) is 34.2 Å². The zero-order valence-electron chi connectivity index (χ0n) is 14.8. The van der Waals surface area contributed by atoms with Crippen molar-refractivity contribution >= 4 is 5.91 Å². The quantitative estimate of drug-likeness (QED) is 0.894. The molecule has 4 rings (SSSR count). The SMILES string of the molecule is O=C(c1cccc(=O)[nH]1)N1CC(N2CCN(C3CCCCC3)CC2)C1. The van der Waals surface area contributed by atoms with Crippen molar-refractivity contribution < 1.29 is 4.79 Å². The second kappa shape index (κ2) is 7.30. The first kappa shape index (κ1) is 16.8. The number of nitrogens with zero attached hydrogens (tertiary/aromatic N) is 3. The summed E-state index contributed by atoms with van der Waals surface area (Å²) >= 11 is 0. The summed E-state index contributed by atoms with van der Waals surface area (Å²) in [5.74, 6) is -0.0604. The summed E-state index contributed by atoms with van der Waals surface area (Å²) in [4.78, 5) is 33.4. The normalized spacial score (nSPS) is 24.2. The van der Waals surface area contributed by atoms with Gasteiger partial charge in [0.25, 0.3) is 5.91 Å². The number of piperazine rings is 1. The molecule has 1 aromatic heterocycles. The molecule has 6 nitrogen and oxygen atoms in total. The van der Waals surface area contributed by atoms with E-state index < -0.39 is 0 Å². The number of amides is 1. The molecule has 2 saturated heterocycles. The molecule has 0 unspecified atom stereocenters. The van der Waals surface area contributed by atoms with Crippen LogP contribution in [0.2, 0.25) is 0 Å². The Morgan fingerprint density at radius 2 is 1.56 bits per heavy atom. The molecule has 0 radical (unpaired) electrons. The Balaban J connectivity index is 1.24. The summed E-state index contributed by atoms with van der Waals surface area (Å²) < 4.78 is 0. The average molecular weight is 344 g/mol. The summed E-state index contributed by atoms with van der Waals surface area (Å²) in [5, 5.41) is 0. The van der Waals surface area contributed by atoms with Gasteiger partial charge < -0.3 is 9.88 Å². The lowest BCUT2D eigenvalue weighted by molar-refractivity contribution is -0.00288. The Hall–Kier alpha value is -1.66. The summed E-state index contributed by atoms with van der Waals surface area (Å²) in [6, 6.07) is 6.04. The molecule has 0 bridgehead atoms. The van der Waals surface area contributed by atoms with Gasteiger partial charge in [0.05, 0.1) is 0 Å². The van der Waals surface area contributed by atoms with E-state index in [0.717, 1.165) is 32.2 Å². The summed E-state index contributed by atoms with van der Waals surface area (Å²) in [6.07, 6.45) is 6.95. The molecule has 0 spiro atoms. The number of carbonyl (C=O) groups excluding carboxylic acids is 1. The summed E-state index contributed by atoms with van der Waals surface area (Å²) in [7, 11) is 0. The monoisotopic (exact) mass is 344 g/mol. The van der Waals surface area contributed by atoms with Crippen LogP contribution in [0.5, 0.6) is 0 Å². The number of carbonyl (C=O) groups is 1. The number of rotatable bonds is 3. The molecule has 25 heavy (non-hydrogen) atoms. The molecule has 3 heterocycles. The smallest absolute Gasteiger partial charge is 0.270 e. The van der Waals surface area contributed by atoms with Crippen molar-refractivity contribution in [2.24, 2.45) is 0 Å². The van der Waals surface area contributed by atoms with Crippen molar-refractivity contribution in [1.82, 2.24) is 19.7 Å². The summed E-state index contributed by atoms with van der Waals surface area (Å²) in [5.41, 5.74) is 0.176. The highest BCUT2D eigenvalue weighted by Gasteiger charge is 2.37. The second-order valence-electron chi connectivity index (χ2n) is 7.66. The maximum atomic E-state index is 12.4. The Bertz CT molecular complexity index is 653. The minimum Gasteiger partial charge on any atom is -0.334 e. The number of pyridine rings is 1. The zero-order chi connectivity index (χ0) is 17.2. The van der Waals surface area contributed by atoms with Crippen LogP contribution in [0.3, 0.4) is 0 Å². The standard InChI is InChI=1S/C19H28N4O2/c24-18-8-4-7-17(20-18)19(25)23-13-16(14-23)22-11-9-21(10-12-22)15-5-2-1-3-6-15/h4,7-8,15-16H,1-3,5-6,9-14H2,(H,20,24). The summed E-state index contributed by atoms with van der Waals surface area (Å²) in [6.45, 7) is 6.12. The highest BCUT2D eigenvalue weighted by Crippen LogP contribution is 2.25. The third kappa shape index (κ3) is 3.65. The Morgan fingerprint density at radius 3 is 2.20 bits per heavy atom. The van der Waals surface area contributed by atoms with E-state index in [9.17, 15) is 9.59 Å². The third-order valence-corrected chi connectivity index (χ3v) is 6.10. The van der Waals surface area contributed by atoms with E-state index in [2.05, 4.69) is 14.8 Å². The molecule has 3 fully saturated rings. The van der Waals surface area contributed by atoms with Gasteiger partial charge in [-0.1, -0.05) is 25.3 Å². The third-order valence-electron chi connectivity index (χ3n) is 6.10. The molecule has 0 aromatic carbocycles. The van der Waals surface area contributed by atoms with Gasteiger partial charge in [0.2, 0.25) is 5.56 Å². The molecule has 136 valence electrons. The second-order valence-corrected chi connectivity index (χ2v) is 7.66. The van der Waals surface area contributed by atoms with Crippen LogP contribution in [0.25, 0.3) is 0 Å². The minimum atomic E-state index is -0.221. The van der Waals surface area contributed by atoms with E-state index >= 15 is 0 Å². The molecule has 3 aliphatic rings. The Kier molecular flexibility index (Phi) is 4.90. The number of hydrogen-bond donors (Lipinski definition) is 1. The molecule has 1 amide bonds. The first-order valence-corrected chi connectivity index (χ1v) is 9.67. The van der Waals surface area contributed by atoms with Crippen molar-refractivity contribution in [2.45, 2.75) is 44.2 Å². The van der Waals surface area contributed by atoms with Gasteiger partial charge in [0.1, 0.15) is 5.69 Å². The molecular formula is C19H28N4O2. The van der Waals surface area contributed by atoms with E-state index in [4.69, 9.17) is 0 Å². The van der Waals surface area contributed by atoms with Gasteiger partial charge in [-0.2, -0.15) is 0 Å².